The summed E-state index contributed by atoms with van der Waals surface area (Å²) in [5.41, 5.74) is 7.09. The fraction of sp³-hybridized carbons (Fsp3) is 0.467. The molecule has 2 unspecified atom stereocenters. The van der Waals surface area contributed by atoms with Gasteiger partial charge in [0.2, 0.25) is 17.7 Å². The Hall–Kier alpha value is -3.88. The van der Waals surface area contributed by atoms with Gasteiger partial charge in [-0.25, -0.2) is 4.79 Å². The van der Waals surface area contributed by atoms with Gasteiger partial charge in [0.15, 0.2) is 0 Å². The van der Waals surface area contributed by atoms with Crippen LogP contribution < -0.4 is 16.4 Å². The standard InChI is InChI=1S/C30H42N4O5/c1-6-7-18-34(28(37)24(16-17-25(31)35)33-29(38)39-30(3,4)5)26(23-15-11-12-21(2)19-23)27(36)32-20-22-13-9-8-10-14-22/h8-15,19,24,26H,6-7,16-18,20H2,1-5H3,(H2,31,35)(H,32,36)(H,33,38). The molecular formula is C30H42N4O5. The topological polar surface area (TPSA) is 131 Å². The monoisotopic (exact) mass is 538 g/mol. The first-order valence-corrected chi connectivity index (χ1v) is 13.4. The summed E-state index contributed by atoms with van der Waals surface area (Å²) < 4.78 is 5.37. The predicted molar refractivity (Wildman–Crippen MR) is 150 cm³/mol. The average molecular weight is 539 g/mol. The molecular weight excluding hydrogens is 496 g/mol. The Bertz CT molecular complexity index is 1110. The zero-order valence-electron chi connectivity index (χ0n) is 23.7. The molecule has 212 valence electrons. The van der Waals surface area contributed by atoms with Crippen molar-refractivity contribution in [1.82, 2.24) is 15.5 Å². The van der Waals surface area contributed by atoms with Crippen LogP contribution in [0.5, 0.6) is 0 Å². The van der Waals surface area contributed by atoms with E-state index in [0.717, 1.165) is 17.5 Å². The number of carbonyl (C=O) groups excluding carboxylic acids is 4. The summed E-state index contributed by atoms with van der Waals surface area (Å²) in [6, 6.07) is 14.9. The van der Waals surface area contributed by atoms with Gasteiger partial charge in [-0.3, -0.25) is 14.4 Å². The molecule has 0 aliphatic heterocycles. The van der Waals surface area contributed by atoms with Gasteiger partial charge in [0.25, 0.3) is 0 Å². The highest BCUT2D eigenvalue weighted by molar-refractivity contribution is 5.92. The number of primary amides is 1. The molecule has 2 rings (SSSR count). The first kappa shape index (κ1) is 31.3. The van der Waals surface area contributed by atoms with Crippen LogP contribution in [0.3, 0.4) is 0 Å². The molecule has 0 aliphatic carbocycles. The van der Waals surface area contributed by atoms with E-state index < -0.39 is 35.6 Å². The van der Waals surface area contributed by atoms with Gasteiger partial charge in [0.05, 0.1) is 0 Å². The zero-order chi connectivity index (χ0) is 29.0. The highest BCUT2D eigenvalue weighted by atomic mass is 16.6. The van der Waals surface area contributed by atoms with E-state index in [2.05, 4.69) is 10.6 Å². The van der Waals surface area contributed by atoms with Gasteiger partial charge >= 0.3 is 6.09 Å². The summed E-state index contributed by atoms with van der Waals surface area (Å²) in [4.78, 5) is 53.5. The van der Waals surface area contributed by atoms with Crippen molar-refractivity contribution < 1.29 is 23.9 Å². The lowest BCUT2D eigenvalue weighted by Gasteiger charge is -2.34. The minimum Gasteiger partial charge on any atom is -0.444 e. The van der Waals surface area contributed by atoms with Crippen molar-refractivity contribution in [3.63, 3.8) is 0 Å². The van der Waals surface area contributed by atoms with E-state index in [4.69, 9.17) is 10.5 Å². The number of nitrogens with two attached hydrogens (primary N) is 1. The molecule has 4 N–H and O–H groups in total. The largest absolute Gasteiger partial charge is 0.444 e. The number of rotatable bonds is 13. The number of benzene rings is 2. The minimum atomic E-state index is -1.11. The number of amides is 4. The Morgan fingerprint density at radius 1 is 1.03 bits per heavy atom. The number of hydrogen-bond acceptors (Lipinski definition) is 5. The molecule has 4 amide bonds. The Labute approximate surface area is 231 Å². The van der Waals surface area contributed by atoms with E-state index in [1.165, 1.54) is 4.90 Å². The van der Waals surface area contributed by atoms with Gasteiger partial charge in [0, 0.05) is 19.5 Å². The van der Waals surface area contributed by atoms with Gasteiger partial charge < -0.3 is 26.0 Å². The van der Waals surface area contributed by atoms with Crippen LogP contribution in [0.1, 0.15) is 76.1 Å². The molecule has 9 heteroatoms. The number of aryl methyl sites for hydroxylation is 1. The van der Waals surface area contributed by atoms with Gasteiger partial charge in [-0.1, -0.05) is 73.5 Å². The van der Waals surface area contributed by atoms with Crippen LogP contribution in [0.4, 0.5) is 4.79 Å². The van der Waals surface area contributed by atoms with E-state index >= 15 is 0 Å². The number of alkyl carbamates (subject to hydrolysis) is 1. The third-order valence-corrected chi connectivity index (χ3v) is 5.93. The lowest BCUT2D eigenvalue weighted by molar-refractivity contribution is -0.143. The van der Waals surface area contributed by atoms with Crippen LogP contribution in [-0.4, -0.2) is 46.9 Å². The van der Waals surface area contributed by atoms with Crippen LogP contribution >= 0.6 is 0 Å². The van der Waals surface area contributed by atoms with Crippen LogP contribution in [0.25, 0.3) is 0 Å². The molecule has 0 bridgehead atoms. The number of carbonyl (C=O) groups is 4. The molecule has 39 heavy (non-hydrogen) atoms. The van der Waals surface area contributed by atoms with Crippen LogP contribution in [0.2, 0.25) is 0 Å². The van der Waals surface area contributed by atoms with Gasteiger partial charge in [-0.2, -0.15) is 0 Å². The summed E-state index contributed by atoms with van der Waals surface area (Å²) in [5.74, 6) is -1.44. The highest BCUT2D eigenvalue weighted by Gasteiger charge is 2.36. The van der Waals surface area contributed by atoms with E-state index in [1.807, 2.05) is 68.4 Å². The number of ether oxygens (including phenoxy) is 1. The Kier molecular flexibility index (Phi) is 12.0. The lowest BCUT2D eigenvalue weighted by Crippen LogP contribution is -2.53. The molecule has 0 radical (unpaired) electrons. The third kappa shape index (κ3) is 10.8. The predicted octanol–water partition coefficient (Wildman–Crippen LogP) is 4.14. The Morgan fingerprint density at radius 2 is 1.72 bits per heavy atom. The second kappa shape index (κ2) is 14.9. The summed E-state index contributed by atoms with van der Waals surface area (Å²) in [5, 5.41) is 5.58. The van der Waals surface area contributed by atoms with Gasteiger partial charge in [0.1, 0.15) is 17.7 Å². The van der Waals surface area contributed by atoms with Crippen LogP contribution in [0, 0.1) is 6.92 Å². The lowest BCUT2D eigenvalue weighted by atomic mass is 9.99. The molecule has 2 atom stereocenters. The summed E-state index contributed by atoms with van der Waals surface area (Å²) in [7, 11) is 0. The normalized spacial score (nSPS) is 12.6. The fourth-order valence-corrected chi connectivity index (χ4v) is 4.08. The summed E-state index contributed by atoms with van der Waals surface area (Å²) >= 11 is 0. The van der Waals surface area contributed by atoms with Gasteiger partial charge in [-0.15, -0.1) is 0 Å². The number of unbranched alkanes of at least 4 members (excludes halogenated alkanes) is 1. The van der Waals surface area contributed by atoms with E-state index in [9.17, 15) is 19.2 Å². The van der Waals surface area contributed by atoms with Crippen molar-refractivity contribution in [3.05, 3.63) is 71.3 Å². The van der Waals surface area contributed by atoms with E-state index in [0.29, 0.717) is 18.5 Å². The minimum absolute atomic E-state index is 0.0256. The molecule has 9 nitrogen and oxygen atoms in total. The molecule has 0 fully saturated rings. The van der Waals surface area contributed by atoms with Crippen molar-refractivity contribution in [3.8, 4) is 0 Å². The molecule has 0 aliphatic rings. The third-order valence-electron chi connectivity index (χ3n) is 5.93. The molecule has 2 aromatic carbocycles. The Balaban J connectivity index is 2.46. The second-order valence-electron chi connectivity index (χ2n) is 10.6. The molecule has 2 aromatic rings. The molecule has 0 saturated heterocycles. The van der Waals surface area contributed by atoms with Crippen molar-refractivity contribution in [1.29, 1.82) is 0 Å². The van der Waals surface area contributed by atoms with Crippen molar-refractivity contribution in [2.24, 2.45) is 5.73 Å². The molecule has 0 saturated carbocycles. The Morgan fingerprint density at radius 3 is 2.31 bits per heavy atom. The number of nitrogens with one attached hydrogen (secondary N) is 2. The SMILES string of the molecule is CCCCN(C(=O)C(CCC(N)=O)NC(=O)OC(C)(C)C)C(C(=O)NCc1ccccc1)c1cccc(C)c1. The maximum absolute atomic E-state index is 14.1. The summed E-state index contributed by atoms with van der Waals surface area (Å²) in [6.45, 7) is 9.61. The van der Waals surface area contributed by atoms with Crippen molar-refractivity contribution in [2.45, 2.75) is 84.5 Å². The fourth-order valence-electron chi connectivity index (χ4n) is 4.08. The van der Waals surface area contributed by atoms with Crippen LogP contribution in [-0.2, 0) is 25.7 Å². The second-order valence-corrected chi connectivity index (χ2v) is 10.6. The van der Waals surface area contributed by atoms with E-state index in [1.54, 1.807) is 20.8 Å². The number of hydrogen-bond donors (Lipinski definition) is 3. The first-order chi connectivity index (χ1) is 18.4. The first-order valence-electron chi connectivity index (χ1n) is 13.4. The molecule has 0 aromatic heterocycles. The molecule has 0 spiro atoms. The van der Waals surface area contributed by atoms with Crippen LogP contribution in [0.15, 0.2) is 54.6 Å². The maximum Gasteiger partial charge on any atom is 0.408 e. The van der Waals surface area contributed by atoms with E-state index in [-0.39, 0.29) is 25.3 Å². The van der Waals surface area contributed by atoms with Crippen molar-refractivity contribution in [2.75, 3.05) is 6.54 Å². The average Bonchev–Trinajstić information content (AvgIpc) is 2.86. The zero-order valence-corrected chi connectivity index (χ0v) is 23.7. The maximum atomic E-state index is 14.1. The molecule has 0 heterocycles. The smallest absolute Gasteiger partial charge is 0.408 e. The highest BCUT2D eigenvalue weighted by Crippen LogP contribution is 2.25. The van der Waals surface area contributed by atoms with Gasteiger partial charge in [-0.05, 0) is 51.7 Å². The summed E-state index contributed by atoms with van der Waals surface area (Å²) in [6.07, 6.45) is 0.475. The quantitative estimate of drug-likeness (QED) is 0.353. The number of nitrogens with zero attached hydrogens (tertiary/aromatic N) is 1. The van der Waals surface area contributed by atoms with Crippen molar-refractivity contribution >= 4 is 23.8 Å².